The van der Waals surface area contributed by atoms with Gasteiger partial charge in [-0.15, -0.1) is 0 Å². The first-order chi connectivity index (χ1) is 9.45. The Morgan fingerprint density at radius 2 is 1.50 bits per heavy atom. The van der Waals surface area contributed by atoms with Crippen molar-refractivity contribution in [1.82, 2.24) is 0 Å². The summed E-state index contributed by atoms with van der Waals surface area (Å²) >= 11 is 5.27. The largest absolute Gasteiger partial charge is 0.332 e. The molecule has 0 atom stereocenters. The normalized spacial score (nSPS) is 10.2. The molecule has 0 spiro atoms. The van der Waals surface area contributed by atoms with E-state index in [1.807, 2.05) is 6.92 Å². The molecule has 0 aliphatic carbocycles. The van der Waals surface area contributed by atoms with Crippen molar-refractivity contribution in [2.75, 3.05) is 10.6 Å². The molecule has 2 aromatic rings. The zero-order valence-electron chi connectivity index (χ0n) is 11.8. The molecule has 0 saturated carbocycles. The van der Waals surface area contributed by atoms with Gasteiger partial charge in [-0.3, -0.25) is 0 Å². The minimum Gasteiger partial charge on any atom is -0.332 e. The van der Waals surface area contributed by atoms with E-state index < -0.39 is 0 Å². The van der Waals surface area contributed by atoms with Gasteiger partial charge in [0.05, 0.1) is 0 Å². The number of anilines is 2. The standard InChI is InChI=1S/C16H17FN2S/c1-10-8-12(3)15(9-11(10)2)19-16(20)18-14-6-4-13(17)5-7-14/h4-9H,1-3H3,(H2,18,19,20). The zero-order valence-corrected chi connectivity index (χ0v) is 12.6. The number of thiocarbonyl (C=S) groups is 1. The fourth-order valence-corrected chi connectivity index (χ4v) is 2.14. The fraction of sp³-hybridized carbons (Fsp3) is 0.188. The van der Waals surface area contributed by atoms with Gasteiger partial charge in [0, 0.05) is 11.4 Å². The highest BCUT2D eigenvalue weighted by molar-refractivity contribution is 7.80. The molecular weight excluding hydrogens is 271 g/mol. The zero-order chi connectivity index (χ0) is 14.7. The molecule has 2 aromatic carbocycles. The van der Waals surface area contributed by atoms with Crippen LogP contribution < -0.4 is 10.6 Å². The Balaban J connectivity index is 2.08. The molecule has 0 bridgehead atoms. The van der Waals surface area contributed by atoms with Crippen molar-refractivity contribution in [2.45, 2.75) is 20.8 Å². The number of hydrogen-bond donors (Lipinski definition) is 2. The third kappa shape index (κ3) is 3.54. The van der Waals surface area contributed by atoms with Gasteiger partial charge in [0.15, 0.2) is 5.11 Å². The van der Waals surface area contributed by atoms with Gasteiger partial charge in [0.1, 0.15) is 5.82 Å². The Kier molecular flexibility index (Phi) is 4.35. The van der Waals surface area contributed by atoms with Crippen molar-refractivity contribution in [3.8, 4) is 0 Å². The van der Waals surface area contributed by atoms with Crippen molar-refractivity contribution in [1.29, 1.82) is 0 Å². The summed E-state index contributed by atoms with van der Waals surface area (Å²) in [5.41, 5.74) is 5.34. The van der Waals surface area contributed by atoms with Crippen molar-refractivity contribution in [3.05, 3.63) is 58.9 Å². The average molecular weight is 288 g/mol. The van der Waals surface area contributed by atoms with Gasteiger partial charge in [0.25, 0.3) is 0 Å². The predicted molar refractivity (Wildman–Crippen MR) is 86.9 cm³/mol. The second-order valence-corrected chi connectivity index (χ2v) is 5.25. The van der Waals surface area contributed by atoms with Crippen LogP contribution in [0, 0.1) is 26.6 Å². The molecule has 0 saturated heterocycles. The molecule has 2 N–H and O–H groups in total. The monoisotopic (exact) mass is 288 g/mol. The molecule has 0 aromatic heterocycles. The Hall–Kier alpha value is -1.94. The van der Waals surface area contributed by atoms with Gasteiger partial charge in [-0.25, -0.2) is 4.39 Å². The molecule has 0 unspecified atom stereocenters. The van der Waals surface area contributed by atoms with Crippen LogP contribution in [0.4, 0.5) is 15.8 Å². The lowest BCUT2D eigenvalue weighted by Crippen LogP contribution is -2.19. The van der Waals surface area contributed by atoms with E-state index in [1.165, 1.54) is 23.3 Å². The van der Waals surface area contributed by atoms with Crippen molar-refractivity contribution in [3.63, 3.8) is 0 Å². The summed E-state index contributed by atoms with van der Waals surface area (Å²) in [5.74, 6) is -0.264. The SMILES string of the molecule is Cc1cc(C)c(NC(=S)Nc2ccc(F)cc2)cc1C. The highest BCUT2D eigenvalue weighted by Gasteiger charge is 2.04. The van der Waals surface area contributed by atoms with Crippen molar-refractivity contribution >= 4 is 28.7 Å². The number of rotatable bonds is 2. The number of benzene rings is 2. The number of aryl methyl sites for hydroxylation is 3. The molecular formula is C16H17FN2S. The smallest absolute Gasteiger partial charge is 0.175 e. The van der Waals surface area contributed by atoms with E-state index in [-0.39, 0.29) is 5.82 Å². The minimum absolute atomic E-state index is 0.264. The number of nitrogens with one attached hydrogen (secondary N) is 2. The van der Waals surface area contributed by atoms with E-state index in [4.69, 9.17) is 12.2 Å². The summed E-state index contributed by atoms with van der Waals surface area (Å²) < 4.78 is 12.8. The second kappa shape index (κ2) is 6.01. The fourth-order valence-electron chi connectivity index (χ4n) is 1.91. The number of halogens is 1. The lowest BCUT2D eigenvalue weighted by Gasteiger charge is -2.14. The summed E-state index contributed by atoms with van der Waals surface area (Å²) in [6.07, 6.45) is 0. The highest BCUT2D eigenvalue weighted by Crippen LogP contribution is 2.20. The van der Waals surface area contributed by atoms with Gasteiger partial charge in [-0.05, 0) is 80.0 Å². The van der Waals surface area contributed by atoms with Gasteiger partial charge in [-0.1, -0.05) is 6.07 Å². The molecule has 2 nitrogen and oxygen atoms in total. The Bertz CT molecular complexity index is 636. The van der Waals surface area contributed by atoms with Crippen LogP contribution in [-0.2, 0) is 0 Å². The van der Waals surface area contributed by atoms with Crippen LogP contribution in [0.15, 0.2) is 36.4 Å². The molecule has 0 heterocycles. The Labute approximate surface area is 124 Å². The van der Waals surface area contributed by atoms with Crippen molar-refractivity contribution in [2.24, 2.45) is 0 Å². The van der Waals surface area contributed by atoms with E-state index in [0.29, 0.717) is 5.11 Å². The lowest BCUT2D eigenvalue weighted by atomic mass is 10.1. The van der Waals surface area contributed by atoms with E-state index in [1.54, 1.807) is 12.1 Å². The maximum atomic E-state index is 12.8. The molecule has 0 amide bonds. The lowest BCUT2D eigenvalue weighted by molar-refractivity contribution is 0.628. The van der Waals surface area contributed by atoms with E-state index in [0.717, 1.165) is 16.9 Å². The first-order valence-corrected chi connectivity index (χ1v) is 6.78. The summed E-state index contributed by atoms with van der Waals surface area (Å²) in [4.78, 5) is 0. The molecule has 0 fully saturated rings. The molecule has 20 heavy (non-hydrogen) atoms. The summed E-state index contributed by atoms with van der Waals surface area (Å²) in [6.45, 7) is 6.19. The van der Waals surface area contributed by atoms with E-state index in [9.17, 15) is 4.39 Å². The molecule has 2 rings (SSSR count). The third-order valence-electron chi connectivity index (χ3n) is 3.19. The van der Waals surface area contributed by atoms with Gasteiger partial charge in [0.2, 0.25) is 0 Å². The van der Waals surface area contributed by atoms with Gasteiger partial charge in [-0.2, -0.15) is 0 Å². The highest BCUT2D eigenvalue weighted by atomic mass is 32.1. The maximum Gasteiger partial charge on any atom is 0.175 e. The predicted octanol–water partition coefficient (Wildman–Crippen LogP) is 4.56. The second-order valence-electron chi connectivity index (χ2n) is 4.84. The average Bonchev–Trinajstić information content (AvgIpc) is 2.39. The van der Waals surface area contributed by atoms with E-state index in [2.05, 4.69) is 36.6 Å². The van der Waals surface area contributed by atoms with Crippen LogP contribution in [0.3, 0.4) is 0 Å². The maximum absolute atomic E-state index is 12.8. The molecule has 104 valence electrons. The molecule has 0 aliphatic heterocycles. The summed E-state index contributed by atoms with van der Waals surface area (Å²) in [5, 5.41) is 6.69. The first-order valence-electron chi connectivity index (χ1n) is 6.37. The molecule has 4 heteroatoms. The molecule has 0 aliphatic rings. The van der Waals surface area contributed by atoms with E-state index >= 15 is 0 Å². The Morgan fingerprint density at radius 3 is 2.15 bits per heavy atom. The summed E-state index contributed by atoms with van der Waals surface area (Å²) in [7, 11) is 0. The van der Waals surface area contributed by atoms with Crippen molar-refractivity contribution < 1.29 is 4.39 Å². The van der Waals surface area contributed by atoms with Crippen LogP contribution in [-0.4, -0.2) is 5.11 Å². The third-order valence-corrected chi connectivity index (χ3v) is 3.40. The van der Waals surface area contributed by atoms with Crippen LogP contribution >= 0.6 is 12.2 Å². The van der Waals surface area contributed by atoms with Gasteiger partial charge < -0.3 is 10.6 Å². The minimum atomic E-state index is -0.264. The first kappa shape index (κ1) is 14.5. The van der Waals surface area contributed by atoms with Crippen LogP contribution in [0.25, 0.3) is 0 Å². The molecule has 0 radical (unpaired) electrons. The van der Waals surface area contributed by atoms with Crippen LogP contribution in [0.2, 0.25) is 0 Å². The topological polar surface area (TPSA) is 24.1 Å². The van der Waals surface area contributed by atoms with Crippen LogP contribution in [0.5, 0.6) is 0 Å². The Morgan fingerprint density at radius 1 is 0.900 bits per heavy atom. The number of hydrogen-bond acceptors (Lipinski definition) is 1. The van der Waals surface area contributed by atoms with Gasteiger partial charge >= 0.3 is 0 Å². The van der Waals surface area contributed by atoms with Crippen LogP contribution in [0.1, 0.15) is 16.7 Å². The summed E-state index contributed by atoms with van der Waals surface area (Å²) in [6, 6.07) is 10.3. The quantitative estimate of drug-likeness (QED) is 0.792.